The van der Waals surface area contributed by atoms with Crippen molar-refractivity contribution in [2.45, 2.75) is 13.0 Å². The maximum absolute atomic E-state index is 14.2. The molecular weight excluding hydrogens is 285 g/mol. The summed E-state index contributed by atoms with van der Waals surface area (Å²) >= 11 is 0. The van der Waals surface area contributed by atoms with Crippen LogP contribution < -0.4 is 5.73 Å². The van der Waals surface area contributed by atoms with Crippen molar-refractivity contribution >= 4 is 16.9 Å². The van der Waals surface area contributed by atoms with Crippen molar-refractivity contribution in [3.8, 4) is 11.3 Å². The second kappa shape index (κ2) is 4.74. The minimum atomic E-state index is -0.493. The van der Waals surface area contributed by atoms with Crippen LogP contribution in [0.4, 0.5) is 10.3 Å². The number of ether oxygens (including phenoxy) is 1. The Morgan fingerprint density at radius 2 is 2.14 bits per heavy atom. The quantitative estimate of drug-likeness (QED) is 0.784. The van der Waals surface area contributed by atoms with Crippen LogP contribution in [-0.4, -0.2) is 32.7 Å². The zero-order valence-corrected chi connectivity index (χ0v) is 12.0. The smallest absolute Gasteiger partial charge is 0.220 e. The Balaban J connectivity index is 2.00. The summed E-state index contributed by atoms with van der Waals surface area (Å²) in [6.07, 6.45) is 4.79. The van der Waals surface area contributed by atoms with Crippen LogP contribution in [0.15, 0.2) is 24.7 Å². The van der Waals surface area contributed by atoms with E-state index in [-0.39, 0.29) is 17.7 Å². The second-order valence-corrected chi connectivity index (χ2v) is 5.41. The van der Waals surface area contributed by atoms with Gasteiger partial charge in [-0.3, -0.25) is 4.98 Å². The van der Waals surface area contributed by atoms with Gasteiger partial charge < -0.3 is 15.0 Å². The van der Waals surface area contributed by atoms with Crippen LogP contribution in [0.2, 0.25) is 0 Å². The lowest BCUT2D eigenvalue weighted by molar-refractivity contribution is -0.0213. The van der Waals surface area contributed by atoms with Crippen molar-refractivity contribution in [2.75, 3.05) is 18.9 Å². The molecule has 0 bridgehead atoms. The Bertz CT molecular complexity index is 872. The molecule has 0 aliphatic carbocycles. The minimum absolute atomic E-state index is 0.0510. The van der Waals surface area contributed by atoms with E-state index in [0.717, 1.165) is 22.8 Å². The molecule has 0 amide bonds. The van der Waals surface area contributed by atoms with Crippen molar-refractivity contribution in [1.82, 2.24) is 19.5 Å². The summed E-state index contributed by atoms with van der Waals surface area (Å²) in [5.74, 6) is -0.442. The predicted octanol–water partition coefficient (Wildman–Crippen LogP) is 2.09. The fourth-order valence-corrected chi connectivity index (χ4v) is 2.70. The van der Waals surface area contributed by atoms with Gasteiger partial charge in [0.2, 0.25) is 5.95 Å². The van der Waals surface area contributed by atoms with Gasteiger partial charge in [-0.25, -0.2) is 14.4 Å². The zero-order chi connectivity index (χ0) is 15.3. The monoisotopic (exact) mass is 299 g/mol. The summed E-state index contributed by atoms with van der Waals surface area (Å²) in [7, 11) is 0. The molecule has 1 saturated heterocycles. The molecule has 0 radical (unpaired) electrons. The molecule has 3 aromatic heterocycles. The van der Waals surface area contributed by atoms with Crippen LogP contribution in [0, 0.1) is 12.7 Å². The van der Waals surface area contributed by atoms with E-state index in [1.807, 2.05) is 19.2 Å². The number of halogens is 1. The minimum Gasteiger partial charge on any atom is -0.377 e. The number of nitrogens with two attached hydrogens (primary N) is 1. The SMILES string of the molecule is Cc1cc2c(-c3nc(N)ncc3F)cn(C3COC3)c2cn1. The molecule has 7 heteroatoms. The van der Waals surface area contributed by atoms with Gasteiger partial charge in [0, 0.05) is 22.8 Å². The lowest BCUT2D eigenvalue weighted by atomic mass is 10.1. The highest BCUT2D eigenvalue weighted by Crippen LogP contribution is 2.34. The maximum Gasteiger partial charge on any atom is 0.220 e. The molecule has 0 aromatic carbocycles. The number of anilines is 1. The van der Waals surface area contributed by atoms with Gasteiger partial charge in [0.15, 0.2) is 5.82 Å². The molecule has 6 nitrogen and oxygen atoms in total. The summed E-state index contributed by atoms with van der Waals surface area (Å²) in [5, 5.41) is 0.899. The summed E-state index contributed by atoms with van der Waals surface area (Å²) in [6, 6.07) is 2.17. The van der Waals surface area contributed by atoms with Crippen molar-refractivity contribution in [1.29, 1.82) is 0 Å². The first kappa shape index (κ1) is 13.1. The van der Waals surface area contributed by atoms with Crippen LogP contribution in [-0.2, 0) is 4.74 Å². The highest BCUT2D eigenvalue weighted by atomic mass is 19.1. The standard InChI is InChI=1S/C15H14FN5O/c1-8-2-10-11(14-12(16)3-19-15(17)20-14)5-21(9-6-22-7-9)13(10)4-18-8/h2-5,9H,6-7H2,1H3,(H2,17,19,20). The Kier molecular flexibility index (Phi) is 2.83. The molecular formula is C15H14FN5O. The molecule has 3 aromatic rings. The number of hydrogen-bond donors (Lipinski definition) is 1. The Morgan fingerprint density at radius 1 is 1.32 bits per heavy atom. The number of nitrogen functional groups attached to an aromatic ring is 1. The number of rotatable bonds is 2. The van der Waals surface area contributed by atoms with Crippen LogP contribution in [0.1, 0.15) is 11.7 Å². The number of aromatic nitrogens is 4. The summed E-state index contributed by atoms with van der Waals surface area (Å²) in [5.41, 5.74) is 8.31. The van der Waals surface area contributed by atoms with E-state index in [1.165, 1.54) is 0 Å². The first-order chi connectivity index (χ1) is 10.6. The highest BCUT2D eigenvalue weighted by molar-refractivity contribution is 5.95. The van der Waals surface area contributed by atoms with Gasteiger partial charge in [0.25, 0.3) is 0 Å². The summed E-state index contributed by atoms with van der Waals surface area (Å²) in [4.78, 5) is 12.1. The van der Waals surface area contributed by atoms with Crippen LogP contribution >= 0.6 is 0 Å². The predicted molar refractivity (Wildman–Crippen MR) is 79.7 cm³/mol. The molecule has 2 N–H and O–H groups in total. The third-order valence-electron chi connectivity index (χ3n) is 3.89. The average molecular weight is 299 g/mol. The van der Waals surface area contributed by atoms with Gasteiger partial charge in [0.1, 0.15) is 5.69 Å². The van der Waals surface area contributed by atoms with E-state index in [1.54, 1.807) is 6.20 Å². The van der Waals surface area contributed by atoms with Crippen LogP contribution in [0.25, 0.3) is 22.2 Å². The number of hydrogen-bond acceptors (Lipinski definition) is 5. The van der Waals surface area contributed by atoms with Crippen molar-refractivity contribution in [2.24, 2.45) is 0 Å². The van der Waals surface area contributed by atoms with Crippen molar-refractivity contribution in [3.05, 3.63) is 36.2 Å². The van der Waals surface area contributed by atoms with E-state index in [9.17, 15) is 4.39 Å². The number of nitrogens with zero attached hydrogens (tertiary/aromatic N) is 4. The van der Waals surface area contributed by atoms with E-state index in [4.69, 9.17) is 10.5 Å². The number of fused-ring (bicyclic) bond motifs is 1. The maximum atomic E-state index is 14.2. The van der Waals surface area contributed by atoms with Gasteiger partial charge in [-0.15, -0.1) is 0 Å². The molecule has 1 fully saturated rings. The third kappa shape index (κ3) is 1.93. The second-order valence-electron chi connectivity index (χ2n) is 5.41. The molecule has 0 atom stereocenters. The largest absolute Gasteiger partial charge is 0.377 e. The number of aryl methyl sites for hydroxylation is 1. The van der Waals surface area contributed by atoms with Crippen LogP contribution in [0.5, 0.6) is 0 Å². The first-order valence-electron chi connectivity index (χ1n) is 6.97. The van der Waals surface area contributed by atoms with E-state index >= 15 is 0 Å². The molecule has 112 valence electrons. The van der Waals surface area contributed by atoms with E-state index in [2.05, 4.69) is 19.5 Å². The van der Waals surface area contributed by atoms with E-state index < -0.39 is 5.82 Å². The van der Waals surface area contributed by atoms with Gasteiger partial charge in [-0.05, 0) is 13.0 Å². The van der Waals surface area contributed by atoms with Crippen molar-refractivity contribution < 1.29 is 9.13 Å². The molecule has 1 aliphatic heterocycles. The summed E-state index contributed by atoms with van der Waals surface area (Å²) in [6.45, 7) is 3.19. The van der Waals surface area contributed by atoms with Gasteiger partial charge >= 0.3 is 0 Å². The molecule has 0 spiro atoms. The first-order valence-corrected chi connectivity index (χ1v) is 6.97. The van der Waals surface area contributed by atoms with Gasteiger partial charge in [-0.2, -0.15) is 0 Å². The Labute approximate surface area is 125 Å². The van der Waals surface area contributed by atoms with E-state index in [0.29, 0.717) is 18.8 Å². The molecule has 0 unspecified atom stereocenters. The van der Waals surface area contributed by atoms with Gasteiger partial charge in [-0.1, -0.05) is 0 Å². The van der Waals surface area contributed by atoms with Crippen molar-refractivity contribution in [3.63, 3.8) is 0 Å². The fraction of sp³-hybridized carbons (Fsp3) is 0.267. The lowest BCUT2D eigenvalue weighted by Gasteiger charge is -2.28. The number of pyridine rings is 1. The topological polar surface area (TPSA) is 78.8 Å². The normalized spacial score (nSPS) is 15.2. The lowest BCUT2D eigenvalue weighted by Crippen LogP contribution is -2.30. The molecule has 1 aliphatic rings. The summed E-state index contributed by atoms with van der Waals surface area (Å²) < 4.78 is 21.5. The Hall–Kier alpha value is -2.54. The average Bonchev–Trinajstić information content (AvgIpc) is 2.78. The molecule has 0 saturated carbocycles. The zero-order valence-electron chi connectivity index (χ0n) is 12.0. The van der Waals surface area contributed by atoms with Gasteiger partial charge in [0.05, 0.1) is 37.2 Å². The molecule has 4 heterocycles. The molecule has 4 rings (SSSR count). The van der Waals surface area contributed by atoms with Crippen LogP contribution in [0.3, 0.4) is 0 Å². The Morgan fingerprint density at radius 3 is 2.86 bits per heavy atom. The fourth-order valence-electron chi connectivity index (χ4n) is 2.70. The third-order valence-corrected chi connectivity index (χ3v) is 3.89. The molecule has 22 heavy (non-hydrogen) atoms. The highest BCUT2D eigenvalue weighted by Gasteiger charge is 2.25.